The van der Waals surface area contributed by atoms with Gasteiger partial charge in [-0.1, -0.05) is 11.6 Å². The molecule has 7 heteroatoms. The van der Waals surface area contributed by atoms with Crippen LogP contribution in [0.5, 0.6) is 5.75 Å². The summed E-state index contributed by atoms with van der Waals surface area (Å²) < 4.78 is 12.9. The van der Waals surface area contributed by atoms with E-state index in [1.165, 1.54) is 0 Å². The number of carbonyl (C=O) groups excluding carboxylic acids is 2. The van der Waals surface area contributed by atoms with E-state index in [0.717, 1.165) is 30.0 Å². The lowest BCUT2D eigenvalue weighted by Gasteiger charge is -2.32. The number of benzene rings is 1. The Hall–Kier alpha value is -2.47. The van der Waals surface area contributed by atoms with E-state index in [1.807, 2.05) is 53.6 Å². The van der Waals surface area contributed by atoms with E-state index in [9.17, 15) is 9.59 Å². The van der Waals surface area contributed by atoms with Gasteiger partial charge in [0.2, 0.25) is 0 Å². The smallest absolute Gasteiger partial charge is 0.325 e. The Morgan fingerprint density at radius 2 is 1.79 bits per heavy atom. The van der Waals surface area contributed by atoms with Crippen LogP contribution in [0.1, 0.15) is 41.5 Å². The third-order valence-corrected chi connectivity index (χ3v) is 5.49. The van der Waals surface area contributed by atoms with Crippen molar-refractivity contribution >= 4 is 23.5 Å². The van der Waals surface area contributed by atoms with Crippen LogP contribution in [-0.4, -0.2) is 47.1 Å². The predicted octanol–water partition coefficient (Wildman–Crippen LogP) is 4.01. The molecule has 1 amide bonds. The van der Waals surface area contributed by atoms with Gasteiger partial charge in [0.15, 0.2) is 0 Å². The van der Waals surface area contributed by atoms with Crippen LogP contribution in [0.25, 0.3) is 0 Å². The first kappa shape index (κ1) is 21.2. The highest BCUT2D eigenvalue weighted by molar-refractivity contribution is 6.30. The molecule has 2 heterocycles. The zero-order valence-electron chi connectivity index (χ0n) is 17.1. The fourth-order valence-corrected chi connectivity index (χ4v) is 3.78. The van der Waals surface area contributed by atoms with Crippen molar-refractivity contribution in [3.05, 3.63) is 52.3 Å². The zero-order valence-corrected chi connectivity index (χ0v) is 17.9. The summed E-state index contributed by atoms with van der Waals surface area (Å²) in [5.41, 5.74) is 2.31. The van der Waals surface area contributed by atoms with Crippen molar-refractivity contribution in [3.8, 4) is 5.75 Å². The molecule has 2 aromatic rings. The second-order valence-corrected chi connectivity index (χ2v) is 7.68. The number of hydrogen-bond acceptors (Lipinski definition) is 4. The largest absolute Gasteiger partial charge is 0.490 e. The number of aryl methyl sites for hydroxylation is 1. The van der Waals surface area contributed by atoms with Gasteiger partial charge >= 0.3 is 5.97 Å². The summed E-state index contributed by atoms with van der Waals surface area (Å²) >= 11 is 5.91. The molecule has 0 atom stereocenters. The fraction of sp³-hybridized carbons (Fsp3) is 0.455. The minimum Gasteiger partial charge on any atom is -0.490 e. The standard InChI is InChI=1S/C22H27ClN2O4/c1-4-28-21(26)14-25-15(2)13-20(16(25)3)22(27)24-11-9-19(10-12-24)29-18-7-5-17(23)6-8-18/h5-8,13,19H,4,9-12,14H2,1-3H3. The Morgan fingerprint density at radius 1 is 1.14 bits per heavy atom. The second-order valence-electron chi connectivity index (χ2n) is 7.24. The molecule has 0 bridgehead atoms. The molecule has 1 aliphatic rings. The number of esters is 1. The van der Waals surface area contributed by atoms with E-state index < -0.39 is 0 Å². The number of halogens is 1. The van der Waals surface area contributed by atoms with E-state index in [0.29, 0.717) is 30.3 Å². The molecular formula is C22H27ClN2O4. The highest BCUT2D eigenvalue weighted by atomic mass is 35.5. The molecule has 1 aromatic carbocycles. The molecular weight excluding hydrogens is 392 g/mol. The maximum absolute atomic E-state index is 13.0. The quantitative estimate of drug-likeness (QED) is 0.665. The Morgan fingerprint density at radius 3 is 2.41 bits per heavy atom. The summed E-state index contributed by atoms with van der Waals surface area (Å²) in [6.07, 6.45) is 1.63. The fourth-order valence-electron chi connectivity index (χ4n) is 3.65. The first-order valence-corrected chi connectivity index (χ1v) is 10.3. The highest BCUT2D eigenvalue weighted by Gasteiger charge is 2.27. The number of nitrogens with zero attached hydrogens (tertiary/aromatic N) is 2. The number of carbonyl (C=O) groups is 2. The SMILES string of the molecule is CCOC(=O)Cn1c(C)cc(C(=O)N2CCC(Oc3ccc(Cl)cc3)CC2)c1C. The minimum absolute atomic E-state index is 0.00171. The van der Waals surface area contributed by atoms with Crippen LogP contribution in [0.2, 0.25) is 5.02 Å². The predicted molar refractivity (Wildman–Crippen MR) is 112 cm³/mol. The molecule has 3 rings (SSSR count). The van der Waals surface area contributed by atoms with Crippen LogP contribution in [0.3, 0.4) is 0 Å². The average Bonchev–Trinajstić information content (AvgIpc) is 2.98. The molecule has 0 spiro atoms. The van der Waals surface area contributed by atoms with Gasteiger partial charge in [0, 0.05) is 42.3 Å². The Labute approximate surface area is 176 Å². The van der Waals surface area contributed by atoms with Crippen molar-refractivity contribution in [2.45, 2.75) is 46.3 Å². The van der Waals surface area contributed by atoms with E-state index in [1.54, 1.807) is 6.92 Å². The van der Waals surface area contributed by atoms with Gasteiger partial charge in [0.05, 0.1) is 12.2 Å². The zero-order chi connectivity index (χ0) is 21.0. The summed E-state index contributed by atoms with van der Waals surface area (Å²) in [7, 11) is 0. The maximum atomic E-state index is 13.0. The Bertz CT molecular complexity index is 868. The first-order chi connectivity index (χ1) is 13.9. The third kappa shape index (κ3) is 5.12. The van der Waals surface area contributed by atoms with Gasteiger partial charge in [-0.15, -0.1) is 0 Å². The monoisotopic (exact) mass is 418 g/mol. The van der Waals surface area contributed by atoms with Crippen LogP contribution in [0, 0.1) is 13.8 Å². The number of amides is 1. The van der Waals surface area contributed by atoms with Crippen molar-refractivity contribution in [2.24, 2.45) is 0 Å². The molecule has 0 unspecified atom stereocenters. The van der Waals surface area contributed by atoms with Crippen LogP contribution >= 0.6 is 11.6 Å². The highest BCUT2D eigenvalue weighted by Crippen LogP contribution is 2.23. The Balaban J connectivity index is 1.60. The van der Waals surface area contributed by atoms with E-state index >= 15 is 0 Å². The summed E-state index contributed by atoms with van der Waals surface area (Å²) in [4.78, 5) is 26.7. The number of likely N-dealkylation sites (tertiary alicyclic amines) is 1. The first-order valence-electron chi connectivity index (χ1n) is 9.93. The number of piperidine rings is 1. The van der Waals surface area contributed by atoms with Gasteiger partial charge in [-0.2, -0.15) is 0 Å². The van der Waals surface area contributed by atoms with Crippen LogP contribution in [0.15, 0.2) is 30.3 Å². The van der Waals surface area contributed by atoms with Crippen molar-refractivity contribution in [3.63, 3.8) is 0 Å². The molecule has 1 fully saturated rings. The minimum atomic E-state index is -0.298. The van der Waals surface area contributed by atoms with E-state index in [2.05, 4.69) is 0 Å². The molecule has 0 aliphatic carbocycles. The van der Waals surface area contributed by atoms with Crippen molar-refractivity contribution in [1.29, 1.82) is 0 Å². The normalized spacial score (nSPS) is 14.7. The van der Waals surface area contributed by atoms with Crippen LogP contribution in [0.4, 0.5) is 0 Å². The number of hydrogen-bond donors (Lipinski definition) is 0. The lowest BCUT2D eigenvalue weighted by Crippen LogP contribution is -2.42. The molecule has 156 valence electrons. The maximum Gasteiger partial charge on any atom is 0.325 e. The topological polar surface area (TPSA) is 60.8 Å². The summed E-state index contributed by atoms with van der Waals surface area (Å²) in [5.74, 6) is 0.494. The molecule has 1 saturated heterocycles. The lowest BCUT2D eigenvalue weighted by atomic mass is 10.1. The van der Waals surface area contributed by atoms with Crippen LogP contribution in [-0.2, 0) is 16.1 Å². The summed E-state index contributed by atoms with van der Waals surface area (Å²) in [5, 5.41) is 0.679. The van der Waals surface area contributed by atoms with Crippen molar-refractivity contribution in [1.82, 2.24) is 9.47 Å². The van der Waals surface area contributed by atoms with E-state index in [-0.39, 0.29) is 24.5 Å². The number of aromatic nitrogens is 1. The lowest BCUT2D eigenvalue weighted by molar-refractivity contribution is -0.143. The summed E-state index contributed by atoms with van der Waals surface area (Å²) in [6, 6.07) is 9.19. The van der Waals surface area contributed by atoms with Gasteiger partial charge in [0.1, 0.15) is 18.4 Å². The van der Waals surface area contributed by atoms with E-state index in [4.69, 9.17) is 21.1 Å². The van der Waals surface area contributed by atoms with Crippen molar-refractivity contribution in [2.75, 3.05) is 19.7 Å². The van der Waals surface area contributed by atoms with Crippen molar-refractivity contribution < 1.29 is 19.1 Å². The molecule has 0 radical (unpaired) electrons. The van der Waals surface area contributed by atoms with Gasteiger partial charge in [-0.25, -0.2) is 0 Å². The van der Waals surface area contributed by atoms with Gasteiger partial charge in [-0.05, 0) is 51.1 Å². The number of rotatable bonds is 6. The van der Waals surface area contributed by atoms with Gasteiger partial charge in [-0.3, -0.25) is 9.59 Å². The second kappa shape index (κ2) is 9.35. The number of ether oxygens (including phenoxy) is 2. The van der Waals surface area contributed by atoms with Crippen LogP contribution < -0.4 is 4.74 Å². The average molecular weight is 419 g/mol. The summed E-state index contributed by atoms with van der Waals surface area (Å²) in [6.45, 7) is 7.29. The third-order valence-electron chi connectivity index (χ3n) is 5.24. The molecule has 0 N–H and O–H groups in total. The molecule has 1 aromatic heterocycles. The molecule has 29 heavy (non-hydrogen) atoms. The van der Waals surface area contributed by atoms with Gasteiger partial charge < -0.3 is 18.9 Å². The van der Waals surface area contributed by atoms with Gasteiger partial charge in [0.25, 0.3) is 5.91 Å². The molecule has 6 nitrogen and oxygen atoms in total. The molecule has 1 aliphatic heterocycles. The molecule has 0 saturated carbocycles. The Kier molecular flexibility index (Phi) is 6.85.